The summed E-state index contributed by atoms with van der Waals surface area (Å²) in [6.07, 6.45) is 2.37. The van der Waals surface area contributed by atoms with Crippen LogP contribution in [0.15, 0.2) is 54.7 Å². The van der Waals surface area contributed by atoms with Crippen LogP contribution in [0, 0.1) is 13.8 Å². The molecule has 6 heteroatoms. The molecule has 0 saturated heterocycles. The Kier molecular flexibility index (Phi) is 6.22. The summed E-state index contributed by atoms with van der Waals surface area (Å²) >= 11 is 0. The van der Waals surface area contributed by atoms with Gasteiger partial charge in [-0.05, 0) is 67.3 Å². The number of amides is 1. The van der Waals surface area contributed by atoms with Gasteiger partial charge in [-0.15, -0.1) is 0 Å². The SMILES string of the molecule is COc1cccc(CCNc2nccc(C(=O)Nc3ccc(C)c(C)c3)n2)c1. The highest BCUT2D eigenvalue weighted by Crippen LogP contribution is 2.15. The topological polar surface area (TPSA) is 76.1 Å². The number of benzene rings is 2. The number of carbonyl (C=O) groups excluding carboxylic acids is 1. The maximum absolute atomic E-state index is 12.5. The molecule has 2 aromatic carbocycles. The van der Waals surface area contributed by atoms with E-state index in [0.717, 1.165) is 29.0 Å². The third-order valence-electron chi connectivity index (χ3n) is 4.48. The van der Waals surface area contributed by atoms with Crippen LogP contribution in [-0.4, -0.2) is 29.5 Å². The van der Waals surface area contributed by atoms with Gasteiger partial charge < -0.3 is 15.4 Å². The van der Waals surface area contributed by atoms with E-state index in [-0.39, 0.29) is 5.91 Å². The van der Waals surface area contributed by atoms with Crippen molar-refractivity contribution < 1.29 is 9.53 Å². The van der Waals surface area contributed by atoms with Crippen LogP contribution in [-0.2, 0) is 6.42 Å². The third kappa shape index (κ3) is 5.07. The molecule has 0 atom stereocenters. The quantitative estimate of drug-likeness (QED) is 0.652. The van der Waals surface area contributed by atoms with E-state index < -0.39 is 0 Å². The van der Waals surface area contributed by atoms with E-state index in [1.165, 1.54) is 5.56 Å². The Morgan fingerprint density at radius 1 is 1.07 bits per heavy atom. The number of nitrogens with zero attached hydrogens (tertiary/aromatic N) is 2. The number of methoxy groups -OCH3 is 1. The van der Waals surface area contributed by atoms with Gasteiger partial charge in [0.1, 0.15) is 11.4 Å². The van der Waals surface area contributed by atoms with Crippen LogP contribution in [0.3, 0.4) is 0 Å². The lowest BCUT2D eigenvalue weighted by molar-refractivity contribution is 0.102. The van der Waals surface area contributed by atoms with Gasteiger partial charge in [0, 0.05) is 18.4 Å². The standard InChI is InChI=1S/C22H24N4O2/c1-15-7-8-18(13-16(15)2)25-21(27)20-10-12-24-22(26-20)23-11-9-17-5-4-6-19(14-17)28-3/h4-8,10,12-14H,9,11H2,1-3H3,(H,25,27)(H,23,24,26). The fourth-order valence-corrected chi connectivity index (χ4v) is 2.73. The molecule has 6 nitrogen and oxygen atoms in total. The molecule has 0 saturated carbocycles. The zero-order chi connectivity index (χ0) is 19.9. The summed E-state index contributed by atoms with van der Waals surface area (Å²) in [4.78, 5) is 21.0. The van der Waals surface area contributed by atoms with Crippen molar-refractivity contribution in [1.82, 2.24) is 9.97 Å². The largest absolute Gasteiger partial charge is 0.497 e. The van der Waals surface area contributed by atoms with Gasteiger partial charge in [0.2, 0.25) is 5.95 Å². The zero-order valence-electron chi connectivity index (χ0n) is 16.3. The summed E-state index contributed by atoms with van der Waals surface area (Å²) in [5.74, 6) is 0.996. The van der Waals surface area contributed by atoms with Gasteiger partial charge >= 0.3 is 0 Å². The van der Waals surface area contributed by atoms with Crippen LogP contribution >= 0.6 is 0 Å². The van der Waals surface area contributed by atoms with Crippen LogP contribution in [0.5, 0.6) is 5.75 Å². The van der Waals surface area contributed by atoms with Crippen LogP contribution in [0.1, 0.15) is 27.2 Å². The lowest BCUT2D eigenvalue weighted by Crippen LogP contribution is -2.16. The second kappa shape index (κ2) is 8.99. The smallest absolute Gasteiger partial charge is 0.274 e. The van der Waals surface area contributed by atoms with Crippen molar-refractivity contribution in [2.45, 2.75) is 20.3 Å². The monoisotopic (exact) mass is 376 g/mol. The predicted octanol–water partition coefficient (Wildman–Crippen LogP) is 4.01. The Balaban J connectivity index is 1.59. The Bertz CT molecular complexity index is 972. The molecule has 144 valence electrons. The molecule has 28 heavy (non-hydrogen) atoms. The predicted molar refractivity (Wildman–Crippen MR) is 111 cm³/mol. The molecular formula is C22H24N4O2. The highest BCUT2D eigenvalue weighted by atomic mass is 16.5. The van der Waals surface area contributed by atoms with E-state index in [2.05, 4.69) is 20.6 Å². The van der Waals surface area contributed by atoms with Crippen LogP contribution < -0.4 is 15.4 Å². The molecule has 1 amide bonds. The summed E-state index contributed by atoms with van der Waals surface area (Å²) in [5.41, 5.74) is 4.52. The minimum Gasteiger partial charge on any atom is -0.497 e. The molecule has 2 N–H and O–H groups in total. The van der Waals surface area contributed by atoms with Crippen LogP contribution in [0.2, 0.25) is 0 Å². The average molecular weight is 376 g/mol. The van der Waals surface area contributed by atoms with Gasteiger partial charge in [-0.2, -0.15) is 0 Å². The van der Waals surface area contributed by atoms with Crippen molar-refractivity contribution in [1.29, 1.82) is 0 Å². The number of nitrogens with one attached hydrogen (secondary N) is 2. The lowest BCUT2D eigenvalue weighted by atomic mass is 10.1. The molecular weight excluding hydrogens is 352 g/mol. The third-order valence-corrected chi connectivity index (χ3v) is 4.48. The first kappa shape index (κ1) is 19.4. The first-order valence-electron chi connectivity index (χ1n) is 9.13. The van der Waals surface area contributed by atoms with Gasteiger partial charge in [-0.3, -0.25) is 4.79 Å². The normalized spacial score (nSPS) is 10.4. The Morgan fingerprint density at radius 2 is 1.93 bits per heavy atom. The number of hydrogen-bond donors (Lipinski definition) is 2. The summed E-state index contributed by atoms with van der Waals surface area (Å²) in [6, 6.07) is 15.3. The molecule has 0 unspecified atom stereocenters. The molecule has 0 fully saturated rings. The van der Waals surface area contributed by atoms with E-state index in [4.69, 9.17) is 4.74 Å². The number of ether oxygens (including phenoxy) is 1. The number of aryl methyl sites for hydroxylation is 2. The molecule has 1 aromatic heterocycles. The van der Waals surface area contributed by atoms with E-state index in [1.807, 2.05) is 56.3 Å². The van der Waals surface area contributed by atoms with Crippen molar-refractivity contribution >= 4 is 17.5 Å². The fourth-order valence-electron chi connectivity index (χ4n) is 2.73. The molecule has 0 aliphatic rings. The minimum absolute atomic E-state index is 0.263. The highest BCUT2D eigenvalue weighted by molar-refractivity contribution is 6.03. The van der Waals surface area contributed by atoms with Crippen LogP contribution in [0.25, 0.3) is 0 Å². The molecule has 0 aliphatic carbocycles. The van der Waals surface area contributed by atoms with Crippen LogP contribution in [0.4, 0.5) is 11.6 Å². The molecule has 0 bridgehead atoms. The molecule has 3 rings (SSSR count). The molecule has 0 radical (unpaired) electrons. The summed E-state index contributed by atoms with van der Waals surface area (Å²) in [5, 5.41) is 6.04. The van der Waals surface area contributed by atoms with Crippen molar-refractivity contribution in [2.24, 2.45) is 0 Å². The average Bonchev–Trinajstić information content (AvgIpc) is 2.71. The van der Waals surface area contributed by atoms with Gasteiger partial charge in [-0.25, -0.2) is 9.97 Å². The number of rotatable bonds is 7. The van der Waals surface area contributed by atoms with Gasteiger partial charge in [0.15, 0.2) is 0 Å². The van der Waals surface area contributed by atoms with Crippen molar-refractivity contribution in [3.8, 4) is 5.75 Å². The summed E-state index contributed by atoms with van der Waals surface area (Å²) in [6.45, 7) is 4.70. The van der Waals surface area contributed by atoms with Crippen molar-refractivity contribution in [3.05, 3.63) is 77.1 Å². The molecule has 0 spiro atoms. The minimum atomic E-state index is -0.263. The Morgan fingerprint density at radius 3 is 2.71 bits per heavy atom. The second-order valence-electron chi connectivity index (χ2n) is 6.55. The fraction of sp³-hybridized carbons (Fsp3) is 0.227. The highest BCUT2D eigenvalue weighted by Gasteiger charge is 2.10. The molecule has 0 aliphatic heterocycles. The van der Waals surface area contributed by atoms with Gasteiger partial charge in [0.25, 0.3) is 5.91 Å². The Hall–Kier alpha value is -3.41. The van der Waals surface area contributed by atoms with Crippen molar-refractivity contribution in [2.75, 3.05) is 24.3 Å². The van der Waals surface area contributed by atoms with E-state index in [1.54, 1.807) is 19.4 Å². The first-order valence-corrected chi connectivity index (χ1v) is 9.13. The van der Waals surface area contributed by atoms with E-state index in [0.29, 0.717) is 18.2 Å². The molecule has 1 heterocycles. The van der Waals surface area contributed by atoms with Crippen molar-refractivity contribution in [3.63, 3.8) is 0 Å². The first-order chi connectivity index (χ1) is 13.5. The number of hydrogen-bond acceptors (Lipinski definition) is 5. The summed E-state index contributed by atoms with van der Waals surface area (Å²) < 4.78 is 5.23. The van der Waals surface area contributed by atoms with Gasteiger partial charge in [0.05, 0.1) is 7.11 Å². The maximum atomic E-state index is 12.5. The summed E-state index contributed by atoms with van der Waals surface area (Å²) in [7, 11) is 1.65. The van der Waals surface area contributed by atoms with E-state index >= 15 is 0 Å². The Labute approximate surface area is 165 Å². The van der Waals surface area contributed by atoms with E-state index in [9.17, 15) is 4.79 Å². The maximum Gasteiger partial charge on any atom is 0.274 e. The number of anilines is 2. The zero-order valence-corrected chi connectivity index (χ0v) is 16.3. The lowest BCUT2D eigenvalue weighted by Gasteiger charge is -2.09. The number of carbonyl (C=O) groups is 1. The molecule has 3 aromatic rings. The second-order valence-corrected chi connectivity index (χ2v) is 6.55. The number of aromatic nitrogens is 2. The van der Waals surface area contributed by atoms with Gasteiger partial charge in [-0.1, -0.05) is 18.2 Å².